The molecule has 1 atom stereocenters. The Bertz CT molecular complexity index is 426. The van der Waals surface area contributed by atoms with Gasteiger partial charge < -0.3 is 10.4 Å². The van der Waals surface area contributed by atoms with Gasteiger partial charge in [-0.15, -0.1) is 0 Å². The van der Waals surface area contributed by atoms with Gasteiger partial charge in [0.25, 0.3) is 0 Å². The van der Waals surface area contributed by atoms with Crippen LogP contribution < -0.4 is 5.32 Å². The Hall–Kier alpha value is -1.35. The maximum absolute atomic E-state index is 11.0. The molecule has 1 aromatic carbocycles. The number of aryl methyl sites for hydroxylation is 1. The fourth-order valence-corrected chi connectivity index (χ4v) is 2.51. The smallest absolute Gasteiger partial charge is 0.335 e. The molecule has 1 aliphatic rings. The number of fused-ring (bicyclic) bond motifs is 1. The highest BCUT2D eigenvalue weighted by atomic mass is 16.4. The zero-order valence-electron chi connectivity index (χ0n) is 10.4. The van der Waals surface area contributed by atoms with E-state index >= 15 is 0 Å². The maximum atomic E-state index is 11.0. The van der Waals surface area contributed by atoms with Crippen molar-refractivity contribution in [1.29, 1.82) is 0 Å². The highest BCUT2D eigenvalue weighted by molar-refractivity contribution is 5.88. The summed E-state index contributed by atoms with van der Waals surface area (Å²) in [6, 6.07) is 6.22. The van der Waals surface area contributed by atoms with Crippen LogP contribution >= 0.6 is 0 Å². The molecule has 2 N–H and O–H groups in total. The van der Waals surface area contributed by atoms with Crippen molar-refractivity contribution in [2.75, 3.05) is 0 Å². The summed E-state index contributed by atoms with van der Waals surface area (Å²) < 4.78 is 0. The maximum Gasteiger partial charge on any atom is 0.335 e. The van der Waals surface area contributed by atoms with Crippen molar-refractivity contribution >= 4 is 5.97 Å². The molecule has 0 radical (unpaired) electrons. The van der Waals surface area contributed by atoms with Gasteiger partial charge in [-0.3, -0.25) is 0 Å². The molecule has 92 valence electrons. The van der Waals surface area contributed by atoms with E-state index in [1.54, 1.807) is 6.07 Å². The van der Waals surface area contributed by atoms with Crippen molar-refractivity contribution in [3.63, 3.8) is 0 Å². The van der Waals surface area contributed by atoms with E-state index in [0.29, 0.717) is 17.6 Å². The van der Waals surface area contributed by atoms with Crippen molar-refractivity contribution in [3.8, 4) is 0 Å². The number of aromatic carboxylic acids is 1. The molecule has 17 heavy (non-hydrogen) atoms. The SMILES string of the molecule is CC(C)NC1CCCc2ccc(C(=O)O)cc21. The van der Waals surface area contributed by atoms with E-state index in [-0.39, 0.29) is 0 Å². The van der Waals surface area contributed by atoms with Crippen molar-refractivity contribution in [1.82, 2.24) is 5.32 Å². The molecule has 1 aliphatic carbocycles. The Kier molecular flexibility index (Phi) is 3.48. The highest BCUT2D eigenvalue weighted by Gasteiger charge is 2.21. The zero-order chi connectivity index (χ0) is 12.4. The molecular weight excluding hydrogens is 214 g/mol. The van der Waals surface area contributed by atoms with E-state index in [1.165, 1.54) is 17.5 Å². The van der Waals surface area contributed by atoms with E-state index in [2.05, 4.69) is 19.2 Å². The van der Waals surface area contributed by atoms with Gasteiger partial charge in [-0.25, -0.2) is 4.79 Å². The summed E-state index contributed by atoms with van der Waals surface area (Å²) in [6.45, 7) is 4.24. The van der Waals surface area contributed by atoms with Crippen LogP contribution in [-0.2, 0) is 6.42 Å². The molecule has 0 saturated heterocycles. The topological polar surface area (TPSA) is 49.3 Å². The molecule has 1 aromatic rings. The highest BCUT2D eigenvalue weighted by Crippen LogP contribution is 2.30. The molecule has 0 bridgehead atoms. The largest absolute Gasteiger partial charge is 0.478 e. The lowest BCUT2D eigenvalue weighted by molar-refractivity contribution is 0.0696. The van der Waals surface area contributed by atoms with E-state index in [9.17, 15) is 4.79 Å². The fourth-order valence-electron chi connectivity index (χ4n) is 2.51. The van der Waals surface area contributed by atoms with Gasteiger partial charge in [-0.2, -0.15) is 0 Å². The van der Waals surface area contributed by atoms with Gasteiger partial charge in [0, 0.05) is 12.1 Å². The molecule has 0 spiro atoms. The molecule has 0 saturated carbocycles. The molecule has 0 heterocycles. The molecule has 3 nitrogen and oxygen atoms in total. The number of hydrogen-bond acceptors (Lipinski definition) is 2. The van der Waals surface area contributed by atoms with E-state index in [4.69, 9.17) is 5.11 Å². The number of hydrogen-bond donors (Lipinski definition) is 2. The van der Waals surface area contributed by atoms with Crippen molar-refractivity contribution in [2.45, 2.75) is 45.2 Å². The van der Waals surface area contributed by atoms with Crippen molar-refractivity contribution in [2.24, 2.45) is 0 Å². The number of carboxylic acid groups (broad SMARTS) is 1. The number of rotatable bonds is 3. The molecule has 0 aromatic heterocycles. The minimum atomic E-state index is -0.846. The summed E-state index contributed by atoms with van der Waals surface area (Å²) in [6.07, 6.45) is 3.32. The lowest BCUT2D eigenvalue weighted by atomic mass is 9.86. The number of benzene rings is 1. The monoisotopic (exact) mass is 233 g/mol. The minimum Gasteiger partial charge on any atom is -0.478 e. The summed E-state index contributed by atoms with van der Waals surface area (Å²) >= 11 is 0. The van der Waals surface area contributed by atoms with Gasteiger partial charge in [-0.1, -0.05) is 19.9 Å². The Balaban J connectivity index is 2.34. The quantitative estimate of drug-likeness (QED) is 0.844. The minimum absolute atomic E-state index is 0.304. The van der Waals surface area contributed by atoms with Gasteiger partial charge >= 0.3 is 5.97 Å². The average Bonchev–Trinajstić information content (AvgIpc) is 2.28. The van der Waals surface area contributed by atoms with Crippen molar-refractivity contribution < 1.29 is 9.90 Å². The summed E-state index contributed by atoms with van der Waals surface area (Å²) in [5.74, 6) is -0.846. The van der Waals surface area contributed by atoms with E-state index < -0.39 is 5.97 Å². The molecule has 2 rings (SSSR count). The predicted octanol–water partition coefficient (Wildman–Crippen LogP) is 2.76. The first-order valence-electron chi connectivity index (χ1n) is 6.20. The predicted molar refractivity (Wildman–Crippen MR) is 67.4 cm³/mol. The Morgan fingerprint density at radius 2 is 2.24 bits per heavy atom. The second kappa shape index (κ2) is 4.88. The van der Waals surface area contributed by atoms with Crippen LogP contribution in [-0.4, -0.2) is 17.1 Å². The zero-order valence-corrected chi connectivity index (χ0v) is 10.4. The number of nitrogens with one attached hydrogen (secondary N) is 1. The molecule has 1 unspecified atom stereocenters. The summed E-state index contributed by atoms with van der Waals surface area (Å²) in [4.78, 5) is 11.0. The third-order valence-corrected chi connectivity index (χ3v) is 3.24. The number of carbonyl (C=O) groups is 1. The first-order chi connectivity index (χ1) is 8.08. The first kappa shape index (κ1) is 12.1. The van der Waals surface area contributed by atoms with Gasteiger partial charge in [0.1, 0.15) is 0 Å². The van der Waals surface area contributed by atoms with Gasteiger partial charge in [-0.05, 0) is 42.5 Å². The van der Waals surface area contributed by atoms with Crippen LogP contribution in [0.1, 0.15) is 54.2 Å². The molecule has 0 fully saturated rings. The van der Waals surface area contributed by atoms with Crippen LogP contribution in [0.25, 0.3) is 0 Å². The molecule has 0 amide bonds. The third kappa shape index (κ3) is 2.67. The second-order valence-electron chi connectivity index (χ2n) is 4.98. The van der Waals surface area contributed by atoms with Gasteiger partial charge in [0.15, 0.2) is 0 Å². The van der Waals surface area contributed by atoms with Crippen LogP contribution in [0.4, 0.5) is 0 Å². The van der Waals surface area contributed by atoms with Gasteiger partial charge in [0.2, 0.25) is 0 Å². The fraction of sp³-hybridized carbons (Fsp3) is 0.500. The Morgan fingerprint density at radius 3 is 2.88 bits per heavy atom. The van der Waals surface area contributed by atoms with Crippen LogP contribution in [0.15, 0.2) is 18.2 Å². The van der Waals surface area contributed by atoms with Crippen LogP contribution in [0.5, 0.6) is 0 Å². The second-order valence-corrected chi connectivity index (χ2v) is 4.98. The summed E-state index contributed by atoms with van der Waals surface area (Å²) in [5, 5.41) is 12.5. The Morgan fingerprint density at radius 1 is 1.47 bits per heavy atom. The molecular formula is C14H19NO2. The Labute approximate surface area is 102 Å². The van der Waals surface area contributed by atoms with Crippen molar-refractivity contribution in [3.05, 3.63) is 34.9 Å². The lowest BCUT2D eigenvalue weighted by Gasteiger charge is -2.28. The van der Waals surface area contributed by atoms with Crippen LogP contribution in [0.2, 0.25) is 0 Å². The van der Waals surface area contributed by atoms with E-state index in [1.807, 2.05) is 12.1 Å². The van der Waals surface area contributed by atoms with Crippen LogP contribution in [0.3, 0.4) is 0 Å². The van der Waals surface area contributed by atoms with E-state index in [0.717, 1.165) is 12.8 Å². The van der Waals surface area contributed by atoms with Crippen LogP contribution in [0, 0.1) is 0 Å². The third-order valence-electron chi connectivity index (χ3n) is 3.24. The molecule has 0 aliphatic heterocycles. The standard InChI is InChI=1S/C14H19NO2/c1-9(2)15-13-5-3-4-10-6-7-11(14(16)17)8-12(10)13/h6-9,13,15H,3-5H2,1-2H3,(H,16,17). The lowest BCUT2D eigenvalue weighted by Crippen LogP contribution is -2.30. The number of carboxylic acids is 1. The van der Waals surface area contributed by atoms with Gasteiger partial charge in [0.05, 0.1) is 5.56 Å². The summed E-state index contributed by atoms with van der Waals surface area (Å²) in [5.41, 5.74) is 2.85. The normalized spacial score (nSPS) is 19.1. The summed E-state index contributed by atoms with van der Waals surface area (Å²) in [7, 11) is 0. The first-order valence-corrected chi connectivity index (χ1v) is 6.20. The average molecular weight is 233 g/mol. The molecule has 3 heteroatoms.